The highest BCUT2D eigenvalue weighted by molar-refractivity contribution is 9.09. The standard InChI is InChI=1S/C14H16BrFO.C14H15FO/c15-13-8-14(13)6-5-12(7-14)17-9-10-1-3-11(16)4-2-10;15-12-3-1-11(2-4-12)10-16-13-5-6-14(9-13)7-8-14/h1-4,12-13H,5-9H2;1-4,7-8,13H,5-6,9-10H2. The van der Waals surface area contributed by atoms with Crippen LogP contribution in [0.5, 0.6) is 0 Å². The van der Waals surface area contributed by atoms with E-state index in [2.05, 4.69) is 28.1 Å². The molecule has 6 rings (SSSR count). The molecule has 4 aliphatic rings. The molecule has 0 aromatic heterocycles. The molecule has 2 aromatic rings. The summed E-state index contributed by atoms with van der Waals surface area (Å²) >= 11 is 3.70. The minimum atomic E-state index is -0.189. The van der Waals surface area contributed by atoms with E-state index in [-0.39, 0.29) is 11.6 Å². The summed E-state index contributed by atoms with van der Waals surface area (Å²) in [6, 6.07) is 13.1. The van der Waals surface area contributed by atoms with E-state index in [1.165, 1.54) is 56.4 Å². The molecule has 5 heteroatoms. The van der Waals surface area contributed by atoms with Gasteiger partial charge >= 0.3 is 0 Å². The van der Waals surface area contributed by atoms with Gasteiger partial charge in [0.1, 0.15) is 11.6 Å². The number of alkyl halides is 1. The van der Waals surface area contributed by atoms with Crippen molar-refractivity contribution in [1.29, 1.82) is 0 Å². The molecule has 0 heterocycles. The number of allylic oxidation sites excluding steroid dienone is 2. The number of benzene rings is 2. The SMILES string of the molecule is Fc1ccc(COC2CCC3(C2)CC3Br)cc1.Fc1ccc(COC2CCC3(C=C3)C2)cc1. The lowest BCUT2D eigenvalue weighted by atomic mass is 10.0. The summed E-state index contributed by atoms with van der Waals surface area (Å²) in [5, 5.41) is 0. The summed E-state index contributed by atoms with van der Waals surface area (Å²) in [5.74, 6) is -0.376. The Morgan fingerprint density at radius 1 is 0.727 bits per heavy atom. The van der Waals surface area contributed by atoms with Crippen molar-refractivity contribution in [1.82, 2.24) is 0 Å². The van der Waals surface area contributed by atoms with E-state index in [4.69, 9.17) is 9.47 Å². The molecule has 176 valence electrons. The molecule has 0 N–H and O–H groups in total. The lowest BCUT2D eigenvalue weighted by molar-refractivity contribution is 0.0421. The fourth-order valence-corrected chi connectivity index (χ4v) is 6.29. The normalized spacial score (nSPS) is 30.5. The number of hydrogen-bond acceptors (Lipinski definition) is 2. The van der Waals surface area contributed by atoms with Crippen LogP contribution < -0.4 is 0 Å². The van der Waals surface area contributed by atoms with Gasteiger partial charge in [0.15, 0.2) is 0 Å². The molecule has 0 aliphatic heterocycles. The molecule has 3 fully saturated rings. The Balaban J connectivity index is 0.000000139. The molecule has 3 saturated carbocycles. The van der Waals surface area contributed by atoms with Crippen molar-refractivity contribution in [2.24, 2.45) is 10.8 Å². The van der Waals surface area contributed by atoms with Crippen LogP contribution in [0.2, 0.25) is 0 Å². The maximum Gasteiger partial charge on any atom is 0.123 e. The highest BCUT2D eigenvalue weighted by Gasteiger charge is 2.56. The van der Waals surface area contributed by atoms with Gasteiger partial charge in [-0.15, -0.1) is 0 Å². The van der Waals surface area contributed by atoms with Crippen LogP contribution in [0.15, 0.2) is 60.7 Å². The van der Waals surface area contributed by atoms with Crippen LogP contribution in [-0.4, -0.2) is 17.0 Å². The average molecular weight is 517 g/mol. The predicted molar refractivity (Wildman–Crippen MR) is 129 cm³/mol. The highest BCUT2D eigenvalue weighted by Crippen LogP contribution is 2.62. The average Bonchev–Trinajstić information content (AvgIpc) is 3.57. The Kier molecular flexibility index (Phi) is 6.74. The van der Waals surface area contributed by atoms with Crippen molar-refractivity contribution in [3.05, 3.63) is 83.4 Å². The van der Waals surface area contributed by atoms with Gasteiger partial charge in [0.2, 0.25) is 0 Å². The molecule has 0 amide bonds. The van der Waals surface area contributed by atoms with Gasteiger partial charge in [-0.2, -0.15) is 0 Å². The largest absolute Gasteiger partial charge is 0.374 e. The van der Waals surface area contributed by atoms with Crippen LogP contribution in [0, 0.1) is 22.5 Å². The number of hydrogen-bond donors (Lipinski definition) is 0. The summed E-state index contributed by atoms with van der Waals surface area (Å²) in [6.07, 6.45) is 13.8. The lowest BCUT2D eigenvalue weighted by Gasteiger charge is -2.12. The molecule has 4 aliphatic carbocycles. The molecule has 4 unspecified atom stereocenters. The molecular weight excluding hydrogens is 486 g/mol. The lowest BCUT2D eigenvalue weighted by Crippen LogP contribution is -2.09. The third-order valence-electron chi connectivity index (χ3n) is 7.66. The maximum atomic E-state index is 12.7. The molecule has 2 aromatic carbocycles. The predicted octanol–water partition coefficient (Wildman–Crippen LogP) is 7.50. The second kappa shape index (κ2) is 9.59. The topological polar surface area (TPSA) is 18.5 Å². The summed E-state index contributed by atoms with van der Waals surface area (Å²) in [6.45, 7) is 1.20. The van der Waals surface area contributed by atoms with E-state index in [9.17, 15) is 8.78 Å². The minimum absolute atomic E-state index is 0.186. The second-order valence-corrected chi connectivity index (χ2v) is 11.3. The fraction of sp³-hybridized carbons (Fsp3) is 0.500. The molecule has 0 bridgehead atoms. The van der Waals surface area contributed by atoms with E-state index < -0.39 is 0 Å². The van der Waals surface area contributed by atoms with E-state index in [1.54, 1.807) is 24.3 Å². The highest BCUT2D eigenvalue weighted by atomic mass is 79.9. The van der Waals surface area contributed by atoms with Crippen molar-refractivity contribution in [3.8, 4) is 0 Å². The number of rotatable bonds is 6. The summed E-state index contributed by atoms with van der Waals surface area (Å²) in [4.78, 5) is 0.717. The molecular formula is C28H31BrF2O2. The van der Waals surface area contributed by atoms with Crippen LogP contribution in [0.25, 0.3) is 0 Å². The zero-order chi connectivity index (χ0) is 22.9. The molecule has 0 saturated heterocycles. The molecule has 2 nitrogen and oxygen atoms in total. The van der Waals surface area contributed by atoms with Gasteiger partial charge in [-0.3, -0.25) is 0 Å². The van der Waals surface area contributed by atoms with Crippen LogP contribution in [0.3, 0.4) is 0 Å². The van der Waals surface area contributed by atoms with Crippen LogP contribution in [0.4, 0.5) is 8.78 Å². The van der Waals surface area contributed by atoms with Gasteiger partial charge in [-0.1, -0.05) is 52.3 Å². The van der Waals surface area contributed by atoms with Crippen LogP contribution in [0.1, 0.15) is 56.1 Å². The van der Waals surface area contributed by atoms with Crippen molar-refractivity contribution in [2.45, 2.75) is 75.2 Å². The Morgan fingerprint density at radius 3 is 1.64 bits per heavy atom. The molecule has 4 atom stereocenters. The molecule has 0 radical (unpaired) electrons. The first-order valence-corrected chi connectivity index (χ1v) is 12.9. The maximum absolute atomic E-state index is 12.7. The molecule has 33 heavy (non-hydrogen) atoms. The smallest absolute Gasteiger partial charge is 0.123 e. The van der Waals surface area contributed by atoms with E-state index in [0.29, 0.717) is 36.3 Å². The second-order valence-electron chi connectivity index (χ2n) is 10.2. The number of halogens is 3. The Bertz CT molecular complexity index is 968. The van der Waals surface area contributed by atoms with Gasteiger partial charge in [-0.25, -0.2) is 8.78 Å². The van der Waals surface area contributed by atoms with Crippen LogP contribution in [-0.2, 0) is 22.7 Å². The van der Waals surface area contributed by atoms with E-state index >= 15 is 0 Å². The van der Waals surface area contributed by atoms with Crippen molar-refractivity contribution in [3.63, 3.8) is 0 Å². The Labute approximate surface area is 203 Å². The van der Waals surface area contributed by atoms with Crippen LogP contribution >= 0.6 is 15.9 Å². The zero-order valence-corrected chi connectivity index (χ0v) is 20.4. The monoisotopic (exact) mass is 516 g/mol. The summed E-state index contributed by atoms with van der Waals surface area (Å²) in [5.41, 5.74) is 3.07. The van der Waals surface area contributed by atoms with Crippen molar-refractivity contribution < 1.29 is 18.3 Å². The van der Waals surface area contributed by atoms with Gasteiger partial charge in [-0.05, 0) is 85.8 Å². The molecule has 2 spiro atoms. The van der Waals surface area contributed by atoms with Gasteiger partial charge in [0.05, 0.1) is 25.4 Å². The van der Waals surface area contributed by atoms with E-state index in [0.717, 1.165) is 28.8 Å². The van der Waals surface area contributed by atoms with Gasteiger partial charge < -0.3 is 9.47 Å². The van der Waals surface area contributed by atoms with Crippen molar-refractivity contribution >= 4 is 15.9 Å². The zero-order valence-electron chi connectivity index (χ0n) is 18.8. The summed E-state index contributed by atoms with van der Waals surface area (Å²) in [7, 11) is 0. The summed E-state index contributed by atoms with van der Waals surface area (Å²) < 4.78 is 37.2. The minimum Gasteiger partial charge on any atom is -0.374 e. The van der Waals surface area contributed by atoms with E-state index in [1.807, 2.05) is 0 Å². The van der Waals surface area contributed by atoms with Gasteiger partial charge in [0.25, 0.3) is 0 Å². The van der Waals surface area contributed by atoms with Crippen molar-refractivity contribution in [2.75, 3.05) is 0 Å². The fourth-order valence-electron chi connectivity index (χ4n) is 5.23. The first-order chi connectivity index (χ1) is 15.9. The Hall–Kier alpha value is -1.56. The quantitative estimate of drug-likeness (QED) is 0.292. The first-order valence-electron chi connectivity index (χ1n) is 12.0. The Morgan fingerprint density at radius 2 is 1.21 bits per heavy atom. The third kappa shape index (κ3) is 5.93. The number of ether oxygens (including phenoxy) is 2. The van der Waals surface area contributed by atoms with Gasteiger partial charge in [0, 0.05) is 10.2 Å². The first kappa shape index (κ1) is 23.2. The third-order valence-corrected chi connectivity index (χ3v) is 8.96.